The van der Waals surface area contributed by atoms with Crippen LogP contribution in [-0.4, -0.2) is 42.3 Å². The zero-order valence-corrected chi connectivity index (χ0v) is 24.1. The van der Waals surface area contributed by atoms with Crippen molar-refractivity contribution in [3.8, 4) is 5.75 Å². The molecule has 0 saturated heterocycles. The van der Waals surface area contributed by atoms with Crippen LogP contribution in [0.3, 0.4) is 0 Å². The molecule has 0 amide bonds. The maximum Gasteiger partial charge on any atom is 0.416 e. The second-order valence-electron chi connectivity index (χ2n) is 9.41. The van der Waals surface area contributed by atoms with E-state index in [1.54, 1.807) is 19.1 Å². The molecule has 0 fully saturated rings. The Morgan fingerprint density at radius 3 is 2.46 bits per heavy atom. The molecule has 0 spiro atoms. The van der Waals surface area contributed by atoms with Crippen molar-refractivity contribution in [2.24, 2.45) is 0 Å². The molecule has 4 rings (SSSR count). The number of hydrogen-bond donors (Lipinski definition) is 1. The van der Waals surface area contributed by atoms with E-state index in [2.05, 4.69) is 4.72 Å². The van der Waals surface area contributed by atoms with Crippen LogP contribution < -0.4 is 13.8 Å². The monoisotopic (exact) mass is 632 g/mol. The van der Waals surface area contributed by atoms with Gasteiger partial charge >= 0.3 is 6.18 Å². The second kappa shape index (κ2) is 11.6. The predicted molar refractivity (Wildman–Crippen MR) is 149 cm³/mol. The molecule has 0 aromatic heterocycles. The van der Waals surface area contributed by atoms with Gasteiger partial charge < -0.3 is 4.74 Å². The molecular formula is C27H25ClF4N2O5S2. The summed E-state index contributed by atoms with van der Waals surface area (Å²) < 4.78 is 114. The standard InChI is InChI=1S/C27H25ClF4N2O5S2/c1-17(26-22(28)7-4-8-23(26)29)13-18-9-10-25-24(14-18)34(16-20(39-25)11-12-33-40(2,35)36)41(37,38)21-6-3-5-19(15-21)27(30,31)32/h3-10,13-15,20,33H,11-12,16H2,1-2H3. The number of nitrogens with zero attached hydrogens (tertiary/aromatic N) is 1. The summed E-state index contributed by atoms with van der Waals surface area (Å²) in [6, 6.07) is 12.2. The van der Waals surface area contributed by atoms with Crippen molar-refractivity contribution in [3.05, 3.63) is 88.2 Å². The van der Waals surface area contributed by atoms with Crippen molar-refractivity contribution in [3.63, 3.8) is 0 Å². The molecule has 1 heterocycles. The number of alkyl halides is 3. The minimum Gasteiger partial charge on any atom is -0.486 e. The fourth-order valence-electron chi connectivity index (χ4n) is 4.36. The van der Waals surface area contributed by atoms with E-state index in [4.69, 9.17) is 16.3 Å². The van der Waals surface area contributed by atoms with Crippen LogP contribution in [0, 0.1) is 5.82 Å². The third kappa shape index (κ3) is 7.21. The lowest BCUT2D eigenvalue weighted by atomic mass is 10.0. The van der Waals surface area contributed by atoms with Crippen molar-refractivity contribution in [2.75, 3.05) is 23.7 Å². The van der Waals surface area contributed by atoms with Gasteiger partial charge in [-0.3, -0.25) is 4.31 Å². The summed E-state index contributed by atoms with van der Waals surface area (Å²) in [5.41, 5.74) is -0.0200. The fraction of sp³-hybridized carbons (Fsp3) is 0.259. The number of sulfonamides is 2. The molecular weight excluding hydrogens is 608 g/mol. The molecule has 0 bridgehead atoms. The molecule has 1 unspecified atom stereocenters. The Bertz CT molecular complexity index is 1690. The Labute approximate surface area is 240 Å². The Hall–Kier alpha value is -3.13. The van der Waals surface area contributed by atoms with Crippen LogP contribution >= 0.6 is 11.6 Å². The van der Waals surface area contributed by atoms with Crippen molar-refractivity contribution in [1.82, 2.24) is 4.72 Å². The summed E-state index contributed by atoms with van der Waals surface area (Å²) in [4.78, 5) is -0.580. The summed E-state index contributed by atoms with van der Waals surface area (Å²) in [6.45, 7) is 1.27. The number of hydrogen-bond acceptors (Lipinski definition) is 5. The largest absolute Gasteiger partial charge is 0.486 e. The van der Waals surface area contributed by atoms with Gasteiger partial charge in [0.25, 0.3) is 10.0 Å². The van der Waals surface area contributed by atoms with Gasteiger partial charge in [-0.25, -0.2) is 25.9 Å². The molecule has 1 aliphatic heterocycles. The number of rotatable bonds is 8. The van der Waals surface area contributed by atoms with Crippen molar-refractivity contribution >= 4 is 49.0 Å². The molecule has 7 nitrogen and oxygen atoms in total. The van der Waals surface area contributed by atoms with Gasteiger partial charge in [0.1, 0.15) is 17.7 Å². The topological polar surface area (TPSA) is 92.8 Å². The lowest BCUT2D eigenvalue weighted by molar-refractivity contribution is -0.137. The molecule has 1 aliphatic rings. The third-order valence-electron chi connectivity index (χ3n) is 6.23. The van der Waals surface area contributed by atoms with Crippen LogP contribution in [0.2, 0.25) is 5.02 Å². The average molecular weight is 633 g/mol. The SMILES string of the molecule is CC(=Cc1ccc2c(c1)N(S(=O)(=O)c1cccc(C(F)(F)F)c1)CC(CCNS(C)(=O)=O)O2)c1c(F)cccc1Cl. The summed E-state index contributed by atoms with van der Waals surface area (Å²) in [5, 5.41) is 0.180. The number of anilines is 1. The fourth-order valence-corrected chi connectivity index (χ4v) is 6.70. The highest BCUT2D eigenvalue weighted by Gasteiger charge is 2.37. The Morgan fingerprint density at radius 2 is 1.80 bits per heavy atom. The molecule has 1 atom stereocenters. The van der Waals surface area contributed by atoms with Gasteiger partial charge in [-0.05, 0) is 66.9 Å². The highest BCUT2D eigenvalue weighted by atomic mass is 35.5. The van der Waals surface area contributed by atoms with E-state index >= 15 is 0 Å². The van der Waals surface area contributed by atoms with E-state index in [1.165, 1.54) is 30.3 Å². The van der Waals surface area contributed by atoms with Crippen molar-refractivity contribution < 1.29 is 39.1 Å². The molecule has 0 aliphatic carbocycles. The molecule has 220 valence electrons. The van der Waals surface area contributed by atoms with Gasteiger partial charge in [0.05, 0.1) is 34.0 Å². The predicted octanol–water partition coefficient (Wildman–Crippen LogP) is 5.95. The van der Waals surface area contributed by atoms with E-state index in [0.29, 0.717) is 17.2 Å². The number of halogens is 5. The van der Waals surface area contributed by atoms with Gasteiger partial charge in [-0.1, -0.05) is 35.9 Å². The summed E-state index contributed by atoms with van der Waals surface area (Å²) in [6.07, 6.45) is -2.95. The first-order valence-corrected chi connectivity index (χ1v) is 15.9. The Kier molecular flexibility index (Phi) is 8.74. The molecule has 0 radical (unpaired) electrons. The number of benzene rings is 3. The van der Waals surface area contributed by atoms with Gasteiger partial charge in [0.2, 0.25) is 10.0 Å². The summed E-state index contributed by atoms with van der Waals surface area (Å²) >= 11 is 6.18. The van der Waals surface area contributed by atoms with Gasteiger partial charge in [0.15, 0.2) is 0 Å². The first-order chi connectivity index (χ1) is 19.1. The first-order valence-electron chi connectivity index (χ1n) is 12.1. The molecule has 3 aromatic carbocycles. The van der Waals surface area contributed by atoms with Crippen molar-refractivity contribution in [1.29, 1.82) is 0 Å². The van der Waals surface area contributed by atoms with Crippen LogP contribution in [0.25, 0.3) is 11.6 Å². The number of fused-ring (bicyclic) bond motifs is 1. The Balaban J connectivity index is 1.78. The Morgan fingerprint density at radius 1 is 1.10 bits per heavy atom. The zero-order chi connectivity index (χ0) is 30.2. The maximum atomic E-state index is 14.5. The lowest BCUT2D eigenvalue weighted by Gasteiger charge is -2.36. The quantitative estimate of drug-likeness (QED) is 0.245. The van der Waals surface area contributed by atoms with E-state index in [0.717, 1.165) is 28.8 Å². The zero-order valence-electron chi connectivity index (χ0n) is 21.7. The third-order valence-corrected chi connectivity index (χ3v) is 9.05. The maximum absolute atomic E-state index is 14.5. The molecule has 14 heteroatoms. The normalized spacial score (nSPS) is 16.3. The minimum absolute atomic E-state index is 0.0518. The van der Waals surface area contributed by atoms with Crippen LogP contribution in [0.1, 0.15) is 30.0 Å². The van der Waals surface area contributed by atoms with E-state index in [-0.39, 0.29) is 41.5 Å². The molecule has 0 saturated carbocycles. The van der Waals surface area contributed by atoms with E-state index < -0.39 is 48.6 Å². The second-order valence-corrected chi connectivity index (χ2v) is 13.5. The van der Waals surface area contributed by atoms with E-state index in [9.17, 15) is 34.4 Å². The van der Waals surface area contributed by atoms with Crippen molar-refractivity contribution in [2.45, 2.75) is 30.5 Å². The average Bonchev–Trinajstić information content (AvgIpc) is 2.87. The van der Waals surface area contributed by atoms with Crippen LogP contribution in [0.4, 0.5) is 23.2 Å². The first kappa shape index (κ1) is 30.8. The van der Waals surface area contributed by atoms with Crippen LogP contribution in [0.15, 0.2) is 65.6 Å². The van der Waals surface area contributed by atoms with Crippen LogP contribution in [-0.2, 0) is 26.2 Å². The summed E-state index contributed by atoms with van der Waals surface area (Å²) in [7, 11) is -8.06. The van der Waals surface area contributed by atoms with E-state index in [1.807, 2.05) is 0 Å². The molecule has 3 aromatic rings. The highest BCUT2D eigenvalue weighted by molar-refractivity contribution is 7.92. The smallest absolute Gasteiger partial charge is 0.416 e. The number of allylic oxidation sites excluding steroid dienone is 1. The number of nitrogens with one attached hydrogen (secondary N) is 1. The highest BCUT2D eigenvalue weighted by Crippen LogP contribution is 2.40. The van der Waals surface area contributed by atoms with Crippen LogP contribution in [0.5, 0.6) is 5.75 Å². The minimum atomic E-state index is -4.77. The number of ether oxygens (including phenoxy) is 1. The summed E-state index contributed by atoms with van der Waals surface area (Å²) in [5.74, 6) is -0.429. The molecule has 41 heavy (non-hydrogen) atoms. The lowest BCUT2D eigenvalue weighted by Crippen LogP contribution is -2.44. The van der Waals surface area contributed by atoms with Gasteiger partial charge in [-0.15, -0.1) is 0 Å². The van der Waals surface area contributed by atoms with Gasteiger partial charge in [0, 0.05) is 12.1 Å². The molecule has 1 N–H and O–H groups in total. The van der Waals surface area contributed by atoms with Gasteiger partial charge in [-0.2, -0.15) is 13.2 Å².